The zero-order chi connectivity index (χ0) is 17.9. The van der Waals surface area contributed by atoms with Gasteiger partial charge in [-0.15, -0.1) is 0 Å². The lowest BCUT2D eigenvalue weighted by Crippen LogP contribution is -2.31. The van der Waals surface area contributed by atoms with Gasteiger partial charge >= 0.3 is 0 Å². The molecule has 1 unspecified atom stereocenters. The van der Waals surface area contributed by atoms with E-state index in [4.69, 9.17) is 11.6 Å². The van der Waals surface area contributed by atoms with E-state index in [1.165, 1.54) is 11.9 Å². The highest BCUT2D eigenvalue weighted by atomic mass is 35.5. The first kappa shape index (κ1) is 17.6. The Hall–Kier alpha value is -2.17. The Morgan fingerprint density at radius 3 is 2.60 bits per heavy atom. The molecule has 0 radical (unpaired) electrons. The summed E-state index contributed by atoms with van der Waals surface area (Å²) in [5.74, 6) is 0.910. The number of anilines is 1. The maximum absolute atomic E-state index is 9.86. The minimum absolute atomic E-state index is 0.106. The van der Waals surface area contributed by atoms with Crippen LogP contribution in [0.15, 0.2) is 54.9 Å². The van der Waals surface area contributed by atoms with E-state index in [-0.39, 0.29) is 17.9 Å². The molecule has 0 aliphatic rings. The van der Waals surface area contributed by atoms with Crippen molar-refractivity contribution in [1.29, 1.82) is 0 Å². The highest BCUT2D eigenvalue weighted by Crippen LogP contribution is 2.35. The van der Waals surface area contributed by atoms with Crippen LogP contribution in [0.2, 0.25) is 5.02 Å². The second-order valence-corrected chi connectivity index (χ2v) is 7.31. The minimum Gasteiger partial charge on any atom is -0.396 e. The molecule has 2 aromatic carbocycles. The second kappa shape index (κ2) is 7.38. The lowest BCUT2D eigenvalue weighted by molar-refractivity contribution is 0.134. The lowest BCUT2D eigenvalue weighted by atomic mass is 9.75. The van der Waals surface area contributed by atoms with Crippen molar-refractivity contribution in [2.45, 2.75) is 19.8 Å². The molecule has 130 valence electrons. The van der Waals surface area contributed by atoms with Gasteiger partial charge in [0.1, 0.15) is 12.1 Å². The summed E-state index contributed by atoms with van der Waals surface area (Å²) >= 11 is 6.05. The zero-order valence-electron chi connectivity index (χ0n) is 14.4. The van der Waals surface area contributed by atoms with Gasteiger partial charge in [0.05, 0.1) is 5.52 Å². The molecule has 0 fully saturated rings. The van der Waals surface area contributed by atoms with Crippen molar-refractivity contribution in [2.75, 3.05) is 18.5 Å². The fraction of sp³-hybridized carbons (Fsp3) is 0.300. The summed E-state index contributed by atoms with van der Waals surface area (Å²) in [6, 6.07) is 15.8. The van der Waals surface area contributed by atoms with Gasteiger partial charge in [-0.2, -0.15) is 0 Å². The van der Waals surface area contributed by atoms with E-state index in [0.717, 1.165) is 16.7 Å². The number of nitrogens with one attached hydrogen (secondary N) is 1. The first-order valence-electron chi connectivity index (χ1n) is 8.31. The Morgan fingerprint density at radius 2 is 1.88 bits per heavy atom. The van der Waals surface area contributed by atoms with Gasteiger partial charge in [0, 0.05) is 29.5 Å². The minimum atomic E-state index is -0.263. The van der Waals surface area contributed by atoms with E-state index in [9.17, 15) is 5.11 Å². The van der Waals surface area contributed by atoms with Crippen LogP contribution in [0.1, 0.15) is 25.3 Å². The van der Waals surface area contributed by atoms with Crippen LogP contribution in [0.25, 0.3) is 10.9 Å². The molecule has 1 heterocycles. The Bertz CT molecular complexity index is 852. The van der Waals surface area contributed by atoms with Gasteiger partial charge in [-0.25, -0.2) is 9.97 Å². The number of fused-ring (bicyclic) bond motifs is 1. The Balaban J connectivity index is 1.89. The number of nitrogens with zero attached hydrogens (tertiary/aromatic N) is 2. The van der Waals surface area contributed by atoms with Crippen molar-refractivity contribution in [3.05, 3.63) is 65.4 Å². The van der Waals surface area contributed by atoms with Gasteiger partial charge in [0.15, 0.2) is 0 Å². The van der Waals surface area contributed by atoms with E-state index >= 15 is 0 Å². The molecule has 5 heteroatoms. The van der Waals surface area contributed by atoms with E-state index < -0.39 is 0 Å². The predicted octanol–water partition coefficient (Wildman–Crippen LogP) is 4.50. The van der Waals surface area contributed by atoms with E-state index in [0.29, 0.717) is 11.6 Å². The van der Waals surface area contributed by atoms with Crippen molar-refractivity contribution in [3.8, 4) is 0 Å². The molecular weight excluding hydrogens is 334 g/mol. The molecule has 3 rings (SSSR count). The first-order chi connectivity index (χ1) is 12.0. The number of halogens is 1. The molecule has 4 nitrogen and oxygen atoms in total. The molecule has 0 spiro atoms. The molecule has 3 aromatic rings. The van der Waals surface area contributed by atoms with Gasteiger partial charge < -0.3 is 10.4 Å². The first-order valence-corrected chi connectivity index (χ1v) is 8.69. The largest absolute Gasteiger partial charge is 0.396 e. The third-order valence-corrected chi connectivity index (χ3v) is 4.86. The molecule has 0 aliphatic carbocycles. The van der Waals surface area contributed by atoms with Crippen LogP contribution >= 0.6 is 11.6 Å². The summed E-state index contributed by atoms with van der Waals surface area (Å²) in [7, 11) is 0. The highest BCUT2D eigenvalue weighted by Gasteiger charge is 2.30. The van der Waals surface area contributed by atoms with Crippen LogP contribution in [-0.2, 0) is 0 Å². The summed E-state index contributed by atoms with van der Waals surface area (Å²) in [5.41, 5.74) is 1.73. The number of hydrogen-bond donors (Lipinski definition) is 2. The molecule has 25 heavy (non-hydrogen) atoms. The Kier molecular flexibility index (Phi) is 5.21. The van der Waals surface area contributed by atoms with E-state index in [1.54, 1.807) is 0 Å². The van der Waals surface area contributed by atoms with Crippen molar-refractivity contribution in [1.82, 2.24) is 9.97 Å². The van der Waals surface area contributed by atoms with E-state index in [2.05, 4.69) is 41.3 Å². The maximum Gasteiger partial charge on any atom is 0.137 e. The topological polar surface area (TPSA) is 58.0 Å². The number of aliphatic hydroxyl groups is 1. The fourth-order valence-electron chi connectivity index (χ4n) is 3.01. The number of aromatic nitrogens is 2. The predicted molar refractivity (Wildman–Crippen MR) is 103 cm³/mol. The molecule has 1 aromatic heterocycles. The van der Waals surface area contributed by atoms with Gasteiger partial charge in [0.2, 0.25) is 0 Å². The van der Waals surface area contributed by atoms with Crippen molar-refractivity contribution < 1.29 is 5.11 Å². The summed E-state index contributed by atoms with van der Waals surface area (Å²) in [6.07, 6.45) is 1.54. The number of benzene rings is 2. The Morgan fingerprint density at radius 1 is 1.12 bits per heavy atom. The quantitative estimate of drug-likeness (QED) is 0.683. The third-order valence-electron chi connectivity index (χ3n) is 4.62. The highest BCUT2D eigenvalue weighted by molar-refractivity contribution is 6.31. The van der Waals surface area contributed by atoms with Gasteiger partial charge in [-0.3, -0.25) is 0 Å². The van der Waals surface area contributed by atoms with Crippen LogP contribution in [0.3, 0.4) is 0 Å². The van der Waals surface area contributed by atoms with Crippen LogP contribution in [-0.4, -0.2) is 28.2 Å². The number of rotatable bonds is 6. The van der Waals surface area contributed by atoms with Crippen molar-refractivity contribution >= 4 is 28.3 Å². The molecule has 2 N–H and O–H groups in total. The number of hydrogen-bond acceptors (Lipinski definition) is 4. The average Bonchev–Trinajstić information content (AvgIpc) is 2.62. The smallest absolute Gasteiger partial charge is 0.137 e. The standard InChI is InChI=1S/C20H22ClN3O/c1-20(2,12-25)17(14-6-4-3-5-7-14)11-22-19-16-9-8-15(21)10-18(16)23-13-24-19/h3-10,13,17,25H,11-12H2,1-2H3,(H,22,23,24). The zero-order valence-corrected chi connectivity index (χ0v) is 15.2. The molecule has 0 bridgehead atoms. The van der Waals surface area contributed by atoms with Crippen LogP contribution in [0.5, 0.6) is 0 Å². The Labute approximate surface area is 152 Å². The molecule has 0 aliphatic heterocycles. The van der Waals surface area contributed by atoms with Crippen LogP contribution < -0.4 is 5.32 Å². The van der Waals surface area contributed by atoms with Crippen LogP contribution in [0.4, 0.5) is 5.82 Å². The molecule has 1 atom stereocenters. The van der Waals surface area contributed by atoms with Crippen molar-refractivity contribution in [3.63, 3.8) is 0 Å². The van der Waals surface area contributed by atoms with Gasteiger partial charge in [-0.05, 0) is 29.2 Å². The molecule has 0 saturated heterocycles. The van der Waals surface area contributed by atoms with Gasteiger partial charge in [0.25, 0.3) is 0 Å². The summed E-state index contributed by atoms with van der Waals surface area (Å²) in [4.78, 5) is 8.66. The van der Waals surface area contributed by atoms with E-state index in [1.807, 2.05) is 36.4 Å². The second-order valence-electron chi connectivity index (χ2n) is 6.87. The molecule has 0 amide bonds. The van der Waals surface area contributed by atoms with Crippen LogP contribution in [0, 0.1) is 5.41 Å². The average molecular weight is 356 g/mol. The monoisotopic (exact) mass is 355 g/mol. The summed E-state index contributed by atoms with van der Waals surface area (Å²) in [6.45, 7) is 4.91. The maximum atomic E-state index is 9.86. The summed E-state index contributed by atoms with van der Waals surface area (Å²) < 4.78 is 0. The SMILES string of the molecule is CC(C)(CO)C(CNc1ncnc2cc(Cl)ccc12)c1ccccc1. The van der Waals surface area contributed by atoms with Gasteiger partial charge in [-0.1, -0.05) is 55.8 Å². The number of aliphatic hydroxyl groups excluding tert-OH is 1. The third kappa shape index (κ3) is 3.91. The fourth-order valence-corrected chi connectivity index (χ4v) is 3.18. The summed E-state index contributed by atoms with van der Waals surface area (Å²) in [5, 5.41) is 14.9. The molecule has 0 saturated carbocycles. The lowest BCUT2D eigenvalue weighted by Gasteiger charge is -2.33. The van der Waals surface area contributed by atoms with Crippen molar-refractivity contribution in [2.24, 2.45) is 5.41 Å². The molecular formula is C20H22ClN3O. The normalized spacial score (nSPS) is 13.0.